The van der Waals surface area contributed by atoms with Gasteiger partial charge in [0.2, 0.25) is 0 Å². The Labute approximate surface area is 82.4 Å². The van der Waals surface area contributed by atoms with Gasteiger partial charge in [0.15, 0.2) is 9.84 Å². The molecule has 14 heavy (non-hydrogen) atoms. The van der Waals surface area contributed by atoms with Crippen LogP contribution >= 0.6 is 0 Å². The summed E-state index contributed by atoms with van der Waals surface area (Å²) in [6.45, 7) is -0.335. The van der Waals surface area contributed by atoms with Crippen molar-refractivity contribution in [2.75, 3.05) is 11.7 Å². The van der Waals surface area contributed by atoms with Crippen LogP contribution in [-0.2, 0) is 16.4 Å². The van der Waals surface area contributed by atoms with Crippen molar-refractivity contribution in [1.29, 1.82) is 0 Å². The third kappa shape index (κ3) is 2.22. The number of hydrogen-bond acceptors (Lipinski definition) is 5. The van der Waals surface area contributed by atoms with Gasteiger partial charge in [-0.25, -0.2) is 8.42 Å². The van der Waals surface area contributed by atoms with Gasteiger partial charge in [-0.05, 0) is 23.8 Å². The van der Waals surface area contributed by atoms with Gasteiger partial charge >= 0.3 is 0 Å². The number of sulfone groups is 1. The smallest absolute Gasteiger partial charge is 0.175 e. The number of nitrogens with two attached hydrogens (primary N) is 1. The van der Waals surface area contributed by atoms with E-state index in [1.165, 1.54) is 18.2 Å². The molecule has 78 valence electrons. The molecular formula is C8H12N2O3S. The van der Waals surface area contributed by atoms with E-state index in [0.29, 0.717) is 11.3 Å². The first-order valence-corrected chi connectivity index (χ1v) is 5.78. The lowest BCUT2D eigenvalue weighted by Crippen LogP contribution is -2.09. The van der Waals surface area contributed by atoms with Crippen molar-refractivity contribution in [3.63, 3.8) is 0 Å². The van der Waals surface area contributed by atoms with Crippen LogP contribution in [0.1, 0.15) is 5.56 Å². The van der Waals surface area contributed by atoms with Crippen molar-refractivity contribution >= 4 is 15.5 Å². The average Bonchev–Trinajstić information content (AvgIpc) is 2.15. The molecule has 0 aliphatic rings. The maximum atomic E-state index is 11.2. The van der Waals surface area contributed by atoms with E-state index in [4.69, 9.17) is 10.9 Å². The van der Waals surface area contributed by atoms with E-state index >= 15 is 0 Å². The SMILES string of the molecule is CS(=O)(=O)c1ccc(NN)cc1CO. The lowest BCUT2D eigenvalue weighted by molar-refractivity contribution is 0.278. The lowest BCUT2D eigenvalue weighted by atomic mass is 10.2. The highest BCUT2D eigenvalue weighted by Crippen LogP contribution is 2.19. The van der Waals surface area contributed by atoms with E-state index in [0.717, 1.165) is 6.26 Å². The predicted molar refractivity (Wildman–Crippen MR) is 53.3 cm³/mol. The van der Waals surface area contributed by atoms with Crippen molar-refractivity contribution in [2.24, 2.45) is 5.84 Å². The van der Waals surface area contributed by atoms with Gasteiger partial charge < -0.3 is 10.5 Å². The molecule has 1 rings (SSSR count). The molecule has 0 aliphatic heterocycles. The van der Waals surface area contributed by atoms with Gasteiger partial charge in [0.1, 0.15) is 0 Å². The molecule has 1 aromatic carbocycles. The Morgan fingerprint density at radius 2 is 2.14 bits per heavy atom. The summed E-state index contributed by atoms with van der Waals surface area (Å²) in [5.74, 6) is 5.15. The standard InChI is InChI=1S/C8H12N2O3S/c1-14(12,13)8-3-2-7(10-9)4-6(8)5-11/h2-4,10-11H,5,9H2,1H3. The normalized spacial score (nSPS) is 11.4. The van der Waals surface area contributed by atoms with E-state index in [-0.39, 0.29) is 11.5 Å². The number of rotatable bonds is 3. The maximum Gasteiger partial charge on any atom is 0.175 e. The van der Waals surface area contributed by atoms with Crippen molar-refractivity contribution < 1.29 is 13.5 Å². The van der Waals surface area contributed by atoms with Gasteiger partial charge in [0.05, 0.1) is 11.5 Å². The summed E-state index contributed by atoms with van der Waals surface area (Å²) in [4.78, 5) is 0.124. The van der Waals surface area contributed by atoms with Crippen LogP contribution in [0.4, 0.5) is 5.69 Å². The molecule has 0 amide bonds. The summed E-state index contributed by atoms with van der Waals surface area (Å²) in [7, 11) is -3.30. The Hall–Kier alpha value is -1.11. The van der Waals surface area contributed by atoms with E-state index in [1.807, 2.05) is 0 Å². The molecule has 0 unspecified atom stereocenters. The third-order valence-electron chi connectivity index (χ3n) is 1.80. The summed E-state index contributed by atoms with van der Waals surface area (Å²) < 4.78 is 22.5. The Morgan fingerprint density at radius 1 is 1.50 bits per heavy atom. The van der Waals surface area contributed by atoms with Gasteiger partial charge in [0.25, 0.3) is 0 Å². The van der Waals surface area contributed by atoms with E-state index in [1.54, 1.807) is 0 Å². The van der Waals surface area contributed by atoms with Gasteiger partial charge in [-0.3, -0.25) is 5.84 Å². The Balaban J connectivity index is 3.33. The minimum Gasteiger partial charge on any atom is -0.392 e. The fraction of sp³-hybridized carbons (Fsp3) is 0.250. The van der Waals surface area contributed by atoms with Crippen LogP contribution in [0.15, 0.2) is 23.1 Å². The van der Waals surface area contributed by atoms with Crippen molar-refractivity contribution in [2.45, 2.75) is 11.5 Å². The molecule has 0 bridgehead atoms. The van der Waals surface area contributed by atoms with Crippen LogP contribution in [0.5, 0.6) is 0 Å². The van der Waals surface area contributed by atoms with Gasteiger partial charge in [-0.1, -0.05) is 0 Å². The number of hydrazine groups is 1. The Bertz CT molecular complexity index is 428. The summed E-state index contributed by atoms with van der Waals surface area (Å²) in [6, 6.07) is 4.45. The van der Waals surface area contributed by atoms with Crippen LogP contribution in [-0.4, -0.2) is 19.8 Å². The molecule has 5 nitrogen and oxygen atoms in total. The van der Waals surface area contributed by atoms with E-state index in [2.05, 4.69) is 5.43 Å². The average molecular weight is 216 g/mol. The zero-order chi connectivity index (χ0) is 10.8. The topological polar surface area (TPSA) is 92.4 Å². The predicted octanol–water partition coefficient (Wildman–Crippen LogP) is -0.132. The molecule has 0 saturated heterocycles. The quantitative estimate of drug-likeness (QED) is 0.483. The molecule has 1 aromatic rings. The first-order valence-electron chi connectivity index (χ1n) is 3.89. The fourth-order valence-electron chi connectivity index (χ4n) is 1.15. The minimum absolute atomic E-state index is 0.124. The van der Waals surface area contributed by atoms with Crippen molar-refractivity contribution in [3.05, 3.63) is 23.8 Å². The maximum absolute atomic E-state index is 11.2. The van der Waals surface area contributed by atoms with Gasteiger partial charge in [-0.15, -0.1) is 0 Å². The van der Waals surface area contributed by atoms with Gasteiger partial charge in [0, 0.05) is 11.9 Å². The Morgan fingerprint density at radius 3 is 2.57 bits per heavy atom. The molecule has 4 N–H and O–H groups in total. The fourth-order valence-corrected chi connectivity index (χ4v) is 2.07. The van der Waals surface area contributed by atoms with Crippen molar-refractivity contribution in [1.82, 2.24) is 0 Å². The van der Waals surface area contributed by atoms with E-state index < -0.39 is 9.84 Å². The summed E-state index contributed by atoms with van der Waals surface area (Å²) in [6.07, 6.45) is 1.09. The zero-order valence-corrected chi connectivity index (χ0v) is 8.50. The van der Waals surface area contributed by atoms with Crippen molar-refractivity contribution in [3.8, 4) is 0 Å². The highest BCUT2D eigenvalue weighted by molar-refractivity contribution is 7.90. The number of nitrogen functional groups attached to an aromatic ring is 1. The molecule has 0 aromatic heterocycles. The highest BCUT2D eigenvalue weighted by Gasteiger charge is 2.12. The third-order valence-corrected chi connectivity index (χ3v) is 2.99. The van der Waals surface area contributed by atoms with Crippen LogP contribution < -0.4 is 11.3 Å². The number of aliphatic hydroxyl groups is 1. The first-order chi connectivity index (χ1) is 6.49. The first kappa shape index (κ1) is 11.0. The van der Waals surface area contributed by atoms with Crippen LogP contribution in [0.25, 0.3) is 0 Å². The zero-order valence-electron chi connectivity index (χ0n) is 7.69. The molecule has 0 heterocycles. The Kier molecular flexibility index (Phi) is 3.10. The number of hydrogen-bond donors (Lipinski definition) is 3. The molecule has 0 spiro atoms. The number of nitrogens with one attached hydrogen (secondary N) is 1. The monoisotopic (exact) mass is 216 g/mol. The van der Waals surface area contributed by atoms with Crippen LogP contribution in [0.3, 0.4) is 0 Å². The molecule has 0 atom stereocenters. The second kappa shape index (κ2) is 3.95. The molecule has 0 saturated carbocycles. The van der Waals surface area contributed by atoms with Gasteiger partial charge in [-0.2, -0.15) is 0 Å². The number of anilines is 1. The second-order valence-electron chi connectivity index (χ2n) is 2.90. The molecular weight excluding hydrogens is 204 g/mol. The minimum atomic E-state index is -3.30. The summed E-state index contributed by atoms with van der Waals surface area (Å²) in [5, 5.41) is 8.97. The second-order valence-corrected chi connectivity index (χ2v) is 4.88. The van der Waals surface area contributed by atoms with E-state index in [9.17, 15) is 8.42 Å². The van der Waals surface area contributed by atoms with Crippen LogP contribution in [0, 0.1) is 0 Å². The lowest BCUT2D eigenvalue weighted by Gasteiger charge is -2.07. The highest BCUT2D eigenvalue weighted by atomic mass is 32.2. The summed E-state index contributed by atoms with van der Waals surface area (Å²) >= 11 is 0. The molecule has 6 heteroatoms. The summed E-state index contributed by atoms with van der Waals surface area (Å²) in [5.41, 5.74) is 3.27. The molecule has 0 aliphatic carbocycles. The number of aliphatic hydroxyl groups excluding tert-OH is 1. The number of benzene rings is 1. The molecule has 0 fully saturated rings. The van der Waals surface area contributed by atoms with Crippen LogP contribution in [0.2, 0.25) is 0 Å². The largest absolute Gasteiger partial charge is 0.392 e. The molecule has 0 radical (unpaired) electrons.